The standard InChI is InChI=1S/C22H23ClFN5O3/c1-13-4-2-7-17(24)19(13)29-10-15(9-27-29)18-20(21(23)26-12-25-18)32-11-14-5-3-6-16(8-14)28-22(30)31/h2,4,7,9-10,12,14,16,28H,3,5-6,8,11H2,1H3,(H,30,31)/t14-,16+/m0/s1. The number of nitrogens with zero attached hydrogens (tertiary/aromatic N) is 4. The number of carboxylic acid groups (broad SMARTS) is 1. The highest BCUT2D eigenvalue weighted by molar-refractivity contribution is 6.31. The highest BCUT2D eigenvalue weighted by Crippen LogP contribution is 2.35. The Labute approximate surface area is 189 Å². The van der Waals surface area contributed by atoms with Gasteiger partial charge in [-0.15, -0.1) is 0 Å². The summed E-state index contributed by atoms with van der Waals surface area (Å²) in [5, 5.41) is 16.0. The van der Waals surface area contributed by atoms with Gasteiger partial charge in [-0.1, -0.05) is 30.2 Å². The minimum absolute atomic E-state index is 0.0842. The van der Waals surface area contributed by atoms with Gasteiger partial charge in [0.25, 0.3) is 0 Å². The SMILES string of the molecule is Cc1cccc(F)c1-n1cc(-c2ncnc(Cl)c2OC[C@H]2CCC[C@@H](NC(=O)O)C2)cn1. The van der Waals surface area contributed by atoms with Gasteiger partial charge in [0, 0.05) is 17.8 Å². The number of aryl methyl sites for hydroxylation is 1. The third kappa shape index (κ3) is 4.83. The van der Waals surface area contributed by atoms with Crippen molar-refractivity contribution in [3.05, 3.63) is 53.5 Å². The van der Waals surface area contributed by atoms with Crippen molar-refractivity contribution in [1.82, 2.24) is 25.1 Å². The van der Waals surface area contributed by atoms with Crippen molar-refractivity contribution in [2.24, 2.45) is 5.92 Å². The molecule has 2 heterocycles. The quantitative estimate of drug-likeness (QED) is 0.521. The smallest absolute Gasteiger partial charge is 0.404 e. The van der Waals surface area contributed by atoms with Gasteiger partial charge in [0.05, 0.1) is 12.8 Å². The molecule has 4 rings (SSSR count). The Morgan fingerprint density at radius 2 is 2.22 bits per heavy atom. The van der Waals surface area contributed by atoms with Crippen molar-refractivity contribution in [2.75, 3.05) is 6.61 Å². The first-order valence-electron chi connectivity index (χ1n) is 10.4. The van der Waals surface area contributed by atoms with Gasteiger partial charge in [-0.2, -0.15) is 5.10 Å². The van der Waals surface area contributed by atoms with Gasteiger partial charge in [0.15, 0.2) is 10.9 Å². The normalized spacial score (nSPS) is 18.3. The highest BCUT2D eigenvalue weighted by atomic mass is 35.5. The van der Waals surface area contributed by atoms with Gasteiger partial charge in [-0.05, 0) is 43.7 Å². The Kier molecular flexibility index (Phi) is 6.55. The van der Waals surface area contributed by atoms with E-state index in [2.05, 4.69) is 20.4 Å². The summed E-state index contributed by atoms with van der Waals surface area (Å²) < 4.78 is 21.9. The number of carbonyl (C=O) groups is 1. The highest BCUT2D eigenvalue weighted by Gasteiger charge is 2.25. The lowest BCUT2D eigenvalue weighted by atomic mass is 9.86. The molecule has 32 heavy (non-hydrogen) atoms. The Hall–Kier alpha value is -3.20. The van der Waals surface area contributed by atoms with E-state index in [1.807, 2.05) is 13.0 Å². The van der Waals surface area contributed by atoms with Gasteiger partial charge in [-0.3, -0.25) is 0 Å². The number of aromatic nitrogens is 4. The van der Waals surface area contributed by atoms with Crippen molar-refractivity contribution in [3.8, 4) is 22.7 Å². The van der Waals surface area contributed by atoms with E-state index >= 15 is 0 Å². The second kappa shape index (κ2) is 9.52. The number of halogens is 2. The molecular weight excluding hydrogens is 437 g/mol. The zero-order valence-electron chi connectivity index (χ0n) is 17.5. The number of benzene rings is 1. The molecule has 10 heteroatoms. The van der Waals surface area contributed by atoms with Crippen molar-refractivity contribution >= 4 is 17.7 Å². The largest absolute Gasteiger partial charge is 0.488 e. The predicted molar refractivity (Wildman–Crippen MR) is 117 cm³/mol. The van der Waals surface area contributed by atoms with Crippen LogP contribution in [0.1, 0.15) is 31.2 Å². The molecule has 1 aliphatic rings. The molecule has 0 unspecified atom stereocenters. The van der Waals surface area contributed by atoms with E-state index in [0.717, 1.165) is 24.8 Å². The molecule has 1 saturated carbocycles. The third-order valence-electron chi connectivity index (χ3n) is 5.61. The maximum Gasteiger partial charge on any atom is 0.404 e. The molecule has 2 atom stereocenters. The fraction of sp³-hybridized carbons (Fsp3) is 0.364. The molecule has 1 fully saturated rings. The monoisotopic (exact) mass is 459 g/mol. The summed E-state index contributed by atoms with van der Waals surface area (Å²) in [7, 11) is 0. The van der Waals surface area contributed by atoms with Gasteiger partial charge in [-0.25, -0.2) is 23.8 Å². The van der Waals surface area contributed by atoms with Crippen molar-refractivity contribution in [2.45, 2.75) is 38.6 Å². The van der Waals surface area contributed by atoms with Crippen LogP contribution in [0.4, 0.5) is 9.18 Å². The van der Waals surface area contributed by atoms with Gasteiger partial charge in [0.2, 0.25) is 0 Å². The van der Waals surface area contributed by atoms with Crippen molar-refractivity contribution in [3.63, 3.8) is 0 Å². The molecule has 8 nitrogen and oxygen atoms in total. The van der Waals surface area contributed by atoms with Crippen LogP contribution in [0.2, 0.25) is 5.15 Å². The summed E-state index contributed by atoms with van der Waals surface area (Å²) >= 11 is 6.32. The predicted octanol–water partition coefficient (Wildman–Crippen LogP) is 4.64. The molecule has 168 valence electrons. The maximum absolute atomic E-state index is 14.4. The molecule has 0 spiro atoms. The minimum atomic E-state index is -1.01. The molecule has 2 N–H and O–H groups in total. The van der Waals surface area contributed by atoms with E-state index in [0.29, 0.717) is 35.7 Å². The Balaban J connectivity index is 1.54. The van der Waals surface area contributed by atoms with Gasteiger partial charge < -0.3 is 15.2 Å². The molecule has 0 radical (unpaired) electrons. The van der Waals surface area contributed by atoms with E-state index in [-0.39, 0.29) is 22.9 Å². The van der Waals surface area contributed by atoms with Crippen LogP contribution < -0.4 is 10.1 Å². The first-order valence-corrected chi connectivity index (χ1v) is 10.7. The van der Waals surface area contributed by atoms with Crippen molar-refractivity contribution in [1.29, 1.82) is 0 Å². The van der Waals surface area contributed by atoms with E-state index in [1.165, 1.54) is 17.1 Å². The number of amides is 1. The Bertz CT molecular complexity index is 1100. The van der Waals surface area contributed by atoms with Crippen LogP contribution in [0, 0.1) is 18.7 Å². The molecule has 1 amide bonds. The second-order valence-electron chi connectivity index (χ2n) is 7.91. The minimum Gasteiger partial charge on any atom is -0.488 e. The molecule has 1 aromatic carbocycles. The average Bonchev–Trinajstić information content (AvgIpc) is 3.22. The summed E-state index contributed by atoms with van der Waals surface area (Å²) in [5.41, 5.74) is 2.18. The first kappa shape index (κ1) is 22.0. The molecule has 0 aliphatic heterocycles. The summed E-state index contributed by atoms with van der Waals surface area (Å²) in [6, 6.07) is 4.76. The number of ether oxygens (including phenoxy) is 1. The lowest BCUT2D eigenvalue weighted by molar-refractivity contribution is 0.165. The van der Waals surface area contributed by atoms with Gasteiger partial charge in [0.1, 0.15) is 23.5 Å². The summed E-state index contributed by atoms with van der Waals surface area (Å²) in [4.78, 5) is 19.3. The number of hydrogen-bond acceptors (Lipinski definition) is 5. The topological polar surface area (TPSA) is 102 Å². The van der Waals surface area contributed by atoms with E-state index in [4.69, 9.17) is 21.4 Å². The van der Waals surface area contributed by atoms with Crippen molar-refractivity contribution < 1.29 is 19.0 Å². The Morgan fingerprint density at radius 3 is 3.00 bits per heavy atom. The molecule has 3 aromatic rings. The van der Waals surface area contributed by atoms with Crippen LogP contribution in [-0.2, 0) is 0 Å². The third-order valence-corrected chi connectivity index (χ3v) is 5.88. The summed E-state index contributed by atoms with van der Waals surface area (Å²) in [6.45, 7) is 2.17. The number of nitrogens with one attached hydrogen (secondary N) is 1. The van der Waals surface area contributed by atoms with E-state index in [1.54, 1.807) is 18.5 Å². The van der Waals surface area contributed by atoms with Crippen LogP contribution in [0.3, 0.4) is 0 Å². The average molecular weight is 460 g/mol. The fourth-order valence-electron chi connectivity index (χ4n) is 4.12. The first-order chi connectivity index (χ1) is 15.4. The zero-order valence-corrected chi connectivity index (χ0v) is 18.2. The number of rotatable bonds is 6. The molecule has 1 aliphatic carbocycles. The number of para-hydroxylation sites is 1. The lowest BCUT2D eigenvalue weighted by Gasteiger charge is -2.29. The zero-order chi connectivity index (χ0) is 22.7. The maximum atomic E-state index is 14.4. The molecular formula is C22H23ClFN5O3. The summed E-state index contributed by atoms with van der Waals surface area (Å²) in [5.74, 6) is 0.125. The Morgan fingerprint density at radius 1 is 1.38 bits per heavy atom. The second-order valence-corrected chi connectivity index (χ2v) is 8.27. The molecule has 2 aromatic heterocycles. The van der Waals surface area contributed by atoms with Crippen LogP contribution in [0.25, 0.3) is 16.9 Å². The van der Waals surface area contributed by atoms with Crippen LogP contribution in [0.15, 0.2) is 36.9 Å². The molecule has 0 bridgehead atoms. The number of hydrogen-bond donors (Lipinski definition) is 2. The summed E-state index contributed by atoms with van der Waals surface area (Å²) in [6.07, 6.45) is 6.93. The van der Waals surface area contributed by atoms with E-state index in [9.17, 15) is 9.18 Å². The molecule has 0 saturated heterocycles. The van der Waals surface area contributed by atoms with Crippen LogP contribution in [0.5, 0.6) is 5.75 Å². The van der Waals surface area contributed by atoms with Crippen LogP contribution in [-0.4, -0.2) is 43.6 Å². The van der Waals surface area contributed by atoms with E-state index < -0.39 is 6.09 Å². The van der Waals surface area contributed by atoms with Gasteiger partial charge >= 0.3 is 6.09 Å². The lowest BCUT2D eigenvalue weighted by Crippen LogP contribution is -2.38. The van der Waals surface area contributed by atoms with Crippen LogP contribution >= 0.6 is 11.6 Å². The fourth-order valence-corrected chi connectivity index (χ4v) is 4.30.